The Morgan fingerprint density at radius 1 is 0.443 bits per heavy atom. The molecule has 0 spiro atoms. The van der Waals surface area contributed by atoms with E-state index < -0.39 is 22.6 Å². The number of esters is 1. The van der Waals surface area contributed by atoms with Gasteiger partial charge >= 0.3 is 144 Å². The third-order valence-electron chi connectivity index (χ3n) is 20.7. The molecule has 0 amide bonds. The fourth-order valence-electron chi connectivity index (χ4n) is 15.1. The Bertz CT molecular complexity index is 4130. The number of hydrogen-bond donors (Lipinski definition) is 2. The standard InChI is InChI=1S/C25H39BrO2Si.C22H28O3.C20H24O3.C15H33BrOSi.C10H7BrO.C6H10O.CH2O3.2K.Na.H2O.H/c1-19(2)29(20(3)4,21(5)6)28-18-12-8-7-11-17-27-25-16-15-24(26)22-13-9-10-14-23(22)25;1-3-5-6-7-10-17-25-21-15-13-18(14-16-22(23)24-4-2)19-11-8-9-12-20(19)21;1-2-3-4-5-8-15-23-19-13-11-16(12-14-20(21)22)17-9-6-7-10-18(17)19;1-13(2)18(14(3)4,15(5)6)17-12-10-8-7-9-11-16;11-9-5-6-10(12)8-4-2-1-3-7(8)9;1-4-6(3)7-5-2;2-1-4-3;;;;;/h9-10,13-16,19-21H,7-8,11-12,17-18H2,1-6H3;8-9,11-16H,3-7,10,17H2,1-2H3;6-7,9-14H,2-5,8,15H2,1H3,(H,21,22);13-15H,7-12H2,1-6H3;1-6,12H;4H,1,3,5H2,2H3;1,3H;;;;1H2;/q;;;;;;;3*+1;;-1/p-2/b;16-14+;14-12+;;;;;;;;;. The second-order valence-corrected chi connectivity index (χ2v) is 44.3. The van der Waals surface area contributed by atoms with Crippen LogP contribution in [0.5, 0.6) is 23.0 Å². The molecular weight excluding hydrogens is 1830 g/mol. The van der Waals surface area contributed by atoms with Crippen LogP contribution in [0, 0.1) is 0 Å². The van der Waals surface area contributed by atoms with Gasteiger partial charge in [-0.15, -0.1) is 0 Å². The van der Waals surface area contributed by atoms with Crippen molar-refractivity contribution in [3.05, 3.63) is 203 Å². The Labute approximate surface area is 870 Å². The second-order valence-electron chi connectivity index (χ2n) is 30.9. The molecule has 8 aromatic carbocycles. The van der Waals surface area contributed by atoms with E-state index >= 15 is 0 Å². The molecule has 0 radical (unpaired) electrons. The van der Waals surface area contributed by atoms with Crippen molar-refractivity contribution in [3.8, 4) is 23.0 Å². The van der Waals surface area contributed by atoms with Gasteiger partial charge in [0, 0.05) is 61.2 Å². The van der Waals surface area contributed by atoms with Crippen LogP contribution in [0.1, 0.15) is 239 Å². The normalized spacial score (nSPS) is 10.9. The number of halogens is 3. The number of rotatable bonds is 45. The zero-order chi connectivity index (χ0) is 87.7. The van der Waals surface area contributed by atoms with Gasteiger partial charge in [-0.1, -0.05) is 338 Å². The second kappa shape index (κ2) is 73.9. The summed E-state index contributed by atoms with van der Waals surface area (Å²) in [5, 5.41) is 36.3. The van der Waals surface area contributed by atoms with Gasteiger partial charge in [-0.2, -0.15) is 0 Å². The first kappa shape index (κ1) is 123. The van der Waals surface area contributed by atoms with E-state index in [4.69, 9.17) is 47.7 Å². The Balaban J connectivity index is -0.000000702. The number of phenolic OH excluding ortho intramolecular Hbond substituents is 1. The summed E-state index contributed by atoms with van der Waals surface area (Å²) in [6.07, 6.45) is 29.6. The molecule has 8 aromatic rings. The molecule has 0 unspecified atom stereocenters. The number of aliphatic carboxylic acids is 1. The molecule has 122 heavy (non-hydrogen) atoms. The molecule has 0 aliphatic carbocycles. The maximum Gasteiger partial charge on any atom is 1.00 e. The zero-order valence-corrected chi connectivity index (χ0v) is 92.5. The van der Waals surface area contributed by atoms with E-state index in [0.717, 1.165) is 140 Å². The predicted octanol–water partition coefficient (Wildman–Crippen LogP) is 20.3. The molecule has 15 nitrogen and oxygen atoms in total. The Kier molecular flexibility index (Phi) is 74.7. The average molecular weight is 1970 g/mol. The van der Waals surface area contributed by atoms with E-state index in [9.17, 15) is 14.7 Å². The minimum Gasteiger partial charge on any atom is -1.00 e. The number of carboxylic acids is 1. The smallest absolute Gasteiger partial charge is 1.00 e. The predicted molar refractivity (Wildman–Crippen MR) is 515 cm³/mol. The van der Waals surface area contributed by atoms with E-state index in [1.807, 2.05) is 104 Å². The molecule has 3 N–H and O–H groups in total. The number of ether oxygens (including phenoxy) is 5. The van der Waals surface area contributed by atoms with Crippen molar-refractivity contribution in [3.63, 3.8) is 0 Å². The van der Waals surface area contributed by atoms with Crippen molar-refractivity contribution in [1.29, 1.82) is 0 Å². The SMILES string of the molecule is C=CC(=C)OCC.CC(C)[Si](OCCCCCCBr)(C(C)C)C(C)C.CC(C)[Si](OCCCCCCOc1ccc(Br)c2ccccc12)(C(C)C)C(C)C.CCCCCCCOc1ccc(/C=C/C(=O)O)c2ccccc12.CCCCCCCOc1ccc(/C=C/C(=O)OCC)c2ccccc12.O=CO[O-].Oc1ccc(Br)c2ccccc12.[H-].[K+].[K+].[Na+].[OH-]. The first-order valence-electron chi connectivity index (χ1n) is 42.9. The average Bonchev–Trinajstić information content (AvgIpc) is 0.809. The summed E-state index contributed by atoms with van der Waals surface area (Å²) in [4.78, 5) is 33.5. The molecule has 0 saturated heterocycles. The minimum absolute atomic E-state index is 0. The van der Waals surface area contributed by atoms with Crippen molar-refractivity contribution < 1.29 is 207 Å². The topological polar surface area (TPSA) is 219 Å². The van der Waals surface area contributed by atoms with Gasteiger partial charge < -0.3 is 59.8 Å². The Morgan fingerprint density at radius 3 is 1.07 bits per heavy atom. The van der Waals surface area contributed by atoms with Crippen molar-refractivity contribution in [1.82, 2.24) is 0 Å². The van der Waals surface area contributed by atoms with Gasteiger partial charge in [-0.05, 0) is 179 Å². The van der Waals surface area contributed by atoms with E-state index in [0.29, 0.717) is 58.0 Å². The number of hydrogen-bond acceptors (Lipinski definition) is 14. The van der Waals surface area contributed by atoms with Gasteiger partial charge in [-0.3, -0.25) is 4.79 Å². The van der Waals surface area contributed by atoms with Crippen molar-refractivity contribution in [2.45, 2.75) is 260 Å². The number of carbonyl (C=O) groups is 3. The summed E-state index contributed by atoms with van der Waals surface area (Å²) in [5.41, 5.74) is 5.99. The number of allylic oxidation sites excluding steroid dienone is 1. The Hall–Kier alpha value is -2.84. The molecule has 0 atom stereocenters. The van der Waals surface area contributed by atoms with Crippen LogP contribution in [0.2, 0.25) is 33.2 Å². The molecule has 0 aliphatic heterocycles. The maximum atomic E-state index is 11.5. The van der Waals surface area contributed by atoms with Crippen LogP contribution < -0.4 is 152 Å². The molecule has 0 fully saturated rings. The van der Waals surface area contributed by atoms with Crippen LogP contribution in [0.15, 0.2) is 192 Å². The number of carboxylic acid groups (broad SMARTS) is 1. The van der Waals surface area contributed by atoms with E-state index in [1.165, 1.54) is 107 Å². The first-order chi connectivity index (χ1) is 56.7. The summed E-state index contributed by atoms with van der Waals surface area (Å²) in [6.45, 7) is 48.4. The number of carbonyl (C=O) groups excluding carboxylic acids is 2. The number of benzene rings is 8. The molecule has 0 aromatic heterocycles. The van der Waals surface area contributed by atoms with Crippen molar-refractivity contribution in [2.24, 2.45) is 0 Å². The molecular formula is C99H144Br3K2NaO15Si2. The van der Waals surface area contributed by atoms with Crippen LogP contribution in [-0.2, 0) is 37.6 Å². The van der Waals surface area contributed by atoms with Gasteiger partial charge in [-0.25, -0.2) is 9.59 Å². The first-order valence-corrected chi connectivity index (χ1v) is 49.9. The van der Waals surface area contributed by atoms with Gasteiger partial charge in [0.1, 0.15) is 28.8 Å². The quantitative estimate of drug-likeness (QED) is 0.00346. The van der Waals surface area contributed by atoms with Gasteiger partial charge in [0.25, 0.3) is 6.47 Å². The fourth-order valence-corrected chi connectivity index (χ4v) is 27.4. The van der Waals surface area contributed by atoms with Gasteiger partial charge in [0.2, 0.25) is 0 Å². The maximum absolute atomic E-state index is 11.5. The van der Waals surface area contributed by atoms with Crippen LogP contribution in [0.25, 0.3) is 55.2 Å². The number of phenols is 1. The van der Waals surface area contributed by atoms with E-state index in [2.05, 4.69) is 205 Å². The Morgan fingerprint density at radius 2 is 0.746 bits per heavy atom. The third-order valence-corrected chi connectivity index (χ3v) is 34.8. The van der Waals surface area contributed by atoms with Crippen LogP contribution >= 0.6 is 47.8 Å². The van der Waals surface area contributed by atoms with E-state index in [-0.39, 0.29) is 152 Å². The summed E-state index contributed by atoms with van der Waals surface area (Å²) in [7, 11) is -3.31. The van der Waals surface area contributed by atoms with Crippen molar-refractivity contribution in [2.75, 3.05) is 51.6 Å². The largest absolute Gasteiger partial charge is 1.00 e. The number of unbranched alkanes of at least 4 members (excludes halogenated alkanes) is 14. The number of aromatic hydroxyl groups is 1. The summed E-state index contributed by atoms with van der Waals surface area (Å²) in [6, 6.07) is 47.6. The van der Waals surface area contributed by atoms with Gasteiger partial charge in [0.15, 0.2) is 16.6 Å². The summed E-state index contributed by atoms with van der Waals surface area (Å²) < 4.78 is 43.1. The molecule has 662 valence electrons. The monoisotopic (exact) mass is 1970 g/mol. The minimum atomic E-state index is -1.71. The molecule has 8 rings (SSSR count). The van der Waals surface area contributed by atoms with Crippen LogP contribution in [0.3, 0.4) is 0 Å². The molecule has 0 heterocycles. The molecule has 0 saturated carbocycles. The molecule has 23 heteroatoms. The zero-order valence-electron chi connectivity index (χ0n) is 78.5. The van der Waals surface area contributed by atoms with Gasteiger partial charge in [0.05, 0.1) is 33.0 Å². The molecule has 0 bridgehead atoms. The third kappa shape index (κ3) is 46.1. The van der Waals surface area contributed by atoms with Crippen LogP contribution in [0.4, 0.5) is 0 Å². The summed E-state index contributed by atoms with van der Waals surface area (Å²) in [5.74, 6) is 2.45. The number of alkyl halides is 1. The van der Waals surface area contributed by atoms with E-state index in [1.54, 1.807) is 31.2 Å². The summed E-state index contributed by atoms with van der Waals surface area (Å²) >= 11 is 10.5. The van der Waals surface area contributed by atoms with Crippen LogP contribution in [-0.4, -0.2) is 102 Å². The molecule has 0 aliphatic rings. The van der Waals surface area contributed by atoms with Crippen molar-refractivity contribution >= 4 is 138 Å². The number of fused-ring (bicyclic) bond motifs is 4. The fraction of sp³-hybridized carbons (Fsp3) is 0.485.